The average molecular weight is 362 g/mol. The van der Waals surface area contributed by atoms with E-state index in [-0.39, 0.29) is 23.8 Å². The van der Waals surface area contributed by atoms with Crippen molar-refractivity contribution in [2.24, 2.45) is 7.05 Å². The number of benzene rings is 2. The van der Waals surface area contributed by atoms with Crippen LogP contribution in [0.15, 0.2) is 53.6 Å². The lowest BCUT2D eigenvalue weighted by molar-refractivity contribution is -0.116. The summed E-state index contributed by atoms with van der Waals surface area (Å²) < 4.78 is 1.39. The number of amides is 2. The van der Waals surface area contributed by atoms with Gasteiger partial charge in [-0.2, -0.15) is 0 Å². The minimum absolute atomic E-state index is 0.0429. The molecule has 2 amide bonds. The Balaban J connectivity index is 1.42. The molecule has 136 valence electrons. The largest absolute Gasteiger partial charge is 0.334 e. The Bertz CT molecular complexity index is 1120. The summed E-state index contributed by atoms with van der Waals surface area (Å²) in [6.07, 6.45) is 1.65. The SMILES string of the molecule is Cn1cnc2ccc(NC(=O)CCN3Cc4ccccc4C3=O)cc2c1=O. The van der Waals surface area contributed by atoms with Crippen LogP contribution in [0.1, 0.15) is 22.3 Å². The first-order chi connectivity index (χ1) is 13.0. The zero-order chi connectivity index (χ0) is 19.0. The number of aryl methyl sites for hydroxylation is 1. The van der Waals surface area contributed by atoms with Gasteiger partial charge in [-0.1, -0.05) is 18.2 Å². The number of nitrogens with zero attached hydrogens (tertiary/aromatic N) is 3. The van der Waals surface area contributed by atoms with Crippen molar-refractivity contribution in [1.82, 2.24) is 14.5 Å². The first-order valence-electron chi connectivity index (χ1n) is 8.65. The van der Waals surface area contributed by atoms with Crippen LogP contribution >= 0.6 is 0 Å². The Hall–Kier alpha value is -3.48. The Morgan fingerprint density at radius 2 is 2.00 bits per heavy atom. The molecule has 0 spiro atoms. The van der Waals surface area contributed by atoms with Crippen LogP contribution in [0.2, 0.25) is 0 Å². The molecule has 1 aliphatic heterocycles. The van der Waals surface area contributed by atoms with Crippen molar-refractivity contribution in [1.29, 1.82) is 0 Å². The van der Waals surface area contributed by atoms with E-state index in [1.165, 1.54) is 10.9 Å². The molecule has 0 atom stereocenters. The van der Waals surface area contributed by atoms with Gasteiger partial charge in [0, 0.05) is 37.8 Å². The minimum atomic E-state index is -0.209. The fourth-order valence-corrected chi connectivity index (χ4v) is 3.24. The number of anilines is 1. The second-order valence-corrected chi connectivity index (χ2v) is 6.57. The van der Waals surface area contributed by atoms with Crippen LogP contribution in [-0.2, 0) is 18.4 Å². The van der Waals surface area contributed by atoms with Crippen molar-refractivity contribution in [3.05, 3.63) is 70.3 Å². The van der Waals surface area contributed by atoms with Crippen molar-refractivity contribution in [3.8, 4) is 0 Å². The maximum absolute atomic E-state index is 12.3. The Morgan fingerprint density at radius 1 is 1.19 bits per heavy atom. The van der Waals surface area contributed by atoms with Gasteiger partial charge in [0.05, 0.1) is 17.2 Å². The third kappa shape index (κ3) is 3.19. The molecule has 3 aromatic rings. The second kappa shape index (κ2) is 6.68. The summed E-state index contributed by atoms with van der Waals surface area (Å²) in [5, 5.41) is 3.24. The monoisotopic (exact) mass is 362 g/mol. The van der Waals surface area contributed by atoms with Gasteiger partial charge in [0.1, 0.15) is 0 Å². The maximum atomic E-state index is 12.3. The minimum Gasteiger partial charge on any atom is -0.334 e. The van der Waals surface area contributed by atoms with E-state index >= 15 is 0 Å². The average Bonchev–Trinajstić information content (AvgIpc) is 3.00. The normalized spacial score (nSPS) is 13.1. The Kier molecular flexibility index (Phi) is 4.19. The first kappa shape index (κ1) is 17.0. The number of hydrogen-bond acceptors (Lipinski definition) is 4. The van der Waals surface area contributed by atoms with Crippen molar-refractivity contribution in [2.75, 3.05) is 11.9 Å². The van der Waals surface area contributed by atoms with Crippen LogP contribution in [0, 0.1) is 0 Å². The molecule has 27 heavy (non-hydrogen) atoms. The number of carbonyl (C=O) groups is 2. The van der Waals surface area contributed by atoms with E-state index in [9.17, 15) is 14.4 Å². The highest BCUT2D eigenvalue weighted by molar-refractivity contribution is 5.99. The zero-order valence-corrected chi connectivity index (χ0v) is 14.8. The molecule has 2 aromatic carbocycles. The summed E-state index contributed by atoms with van der Waals surface area (Å²) in [5.41, 5.74) is 2.64. The van der Waals surface area contributed by atoms with Crippen LogP contribution in [0.5, 0.6) is 0 Å². The molecule has 0 unspecified atom stereocenters. The van der Waals surface area contributed by atoms with Gasteiger partial charge in [-0.15, -0.1) is 0 Å². The van der Waals surface area contributed by atoms with Gasteiger partial charge in [0.2, 0.25) is 5.91 Å². The van der Waals surface area contributed by atoms with Crippen LogP contribution in [0.3, 0.4) is 0 Å². The number of carbonyl (C=O) groups excluding carboxylic acids is 2. The summed E-state index contributed by atoms with van der Waals surface area (Å²) in [6.45, 7) is 0.871. The van der Waals surface area contributed by atoms with Crippen molar-refractivity contribution in [2.45, 2.75) is 13.0 Å². The molecule has 1 aromatic heterocycles. The van der Waals surface area contributed by atoms with Crippen molar-refractivity contribution < 1.29 is 9.59 Å². The lowest BCUT2D eigenvalue weighted by Gasteiger charge is -2.15. The van der Waals surface area contributed by atoms with E-state index in [2.05, 4.69) is 10.3 Å². The molecule has 4 rings (SSSR count). The molecule has 0 aliphatic carbocycles. The Labute approximate surface area is 155 Å². The molecule has 7 nitrogen and oxygen atoms in total. The first-order valence-corrected chi connectivity index (χ1v) is 8.65. The molecular weight excluding hydrogens is 344 g/mol. The summed E-state index contributed by atoms with van der Waals surface area (Å²) in [5.74, 6) is -0.252. The molecule has 1 aliphatic rings. The number of fused-ring (bicyclic) bond motifs is 2. The highest BCUT2D eigenvalue weighted by atomic mass is 16.2. The molecule has 7 heteroatoms. The highest BCUT2D eigenvalue weighted by Gasteiger charge is 2.26. The number of nitrogens with one attached hydrogen (secondary N) is 1. The molecule has 0 bridgehead atoms. The second-order valence-electron chi connectivity index (χ2n) is 6.57. The standard InChI is InChI=1S/C20H18N4O3/c1-23-12-21-17-7-6-14(10-16(17)19(23)26)22-18(25)8-9-24-11-13-4-2-3-5-15(13)20(24)27/h2-7,10,12H,8-9,11H2,1H3,(H,22,25). The third-order valence-corrected chi connectivity index (χ3v) is 4.71. The molecule has 1 N–H and O–H groups in total. The third-order valence-electron chi connectivity index (χ3n) is 4.71. The van der Waals surface area contributed by atoms with Gasteiger partial charge >= 0.3 is 0 Å². The molecule has 0 saturated carbocycles. The predicted molar refractivity (Wildman–Crippen MR) is 101 cm³/mol. The smallest absolute Gasteiger partial charge is 0.260 e. The number of hydrogen-bond donors (Lipinski definition) is 1. The van der Waals surface area contributed by atoms with E-state index in [0.717, 1.165) is 5.56 Å². The number of rotatable bonds is 4. The zero-order valence-electron chi connectivity index (χ0n) is 14.8. The van der Waals surface area contributed by atoms with E-state index in [1.807, 2.05) is 18.2 Å². The summed E-state index contributed by atoms with van der Waals surface area (Å²) in [7, 11) is 1.63. The summed E-state index contributed by atoms with van der Waals surface area (Å²) in [6, 6.07) is 12.5. The van der Waals surface area contributed by atoms with E-state index < -0.39 is 0 Å². The lowest BCUT2D eigenvalue weighted by Crippen LogP contribution is -2.28. The van der Waals surface area contributed by atoms with Gasteiger partial charge < -0.3 is 14.8 Å². The van der Waals surface area contributed by atoms with E-state index in [0.29, 0.717) is 35.2 Å². The predicted octanol–water partition coefficient (Wildman–Crippen LogP) is 1.92. The fraction of sp³-hybridized carbons (Fsp3) is 0.200. The summed E-state index contributed by atoms with van der Waals surface area (Å²) >= 11 is 0. The van der Waals surface area contributed by atoms with Gasteiger partial charge in [-0.25, -0.2) is 4.98 Å². The van der Waals surface area contributed by atoms with Gasteiger partial charge in [-0.05, 0) is 29.8 Å². The van der Waals surface area contributed by atoms with Gasteiger partial charge in [0.15, 0.2) is 0 Å². The van der Waals surface area contributed by atoms with Crippen molar-refractivity contribution >= 4 is 28.4 Å². The highest BCUT2D eigenvalue weighted by Crippen LogP contribution is 2.22. The van der Waals surface area contributed by atoms with E-state index in [1.54, 1.807) is 36.2 Å². The molecular formula is C20H18N4O3. The maximum Gasteiger partial charge on any atom is 0.260 e. The molecule has 0 fully saturated rings. The molecule has 0 saturated heterocycles. The van der Waals surface area contributed by atoms with Crippen LogP contribution in [0.4, 0.5) is 5.69 Å². The topological polar surface area (TPSA) is 84.3 Å². The number of aromatic nitrogens is 2. The molecule has 2 heterocycles. The van der Waals surface area contributed by atoms with Gasteiger partial charge in [0.25, 0.3) is 11.5 Å². The lowest BCUT2D eigenvalue weighted by atomic mass is 10.1. The Morgan fingerprint density at radius 3 is 2.81 bits per heavy atom. The van der Waals surface area contributed by atoms with Gasteiger partial charge in [-0.3, -0.25) is 14.4 Å². The van der Waals surface area contributed by atoms with Crippen LogP contribution in [-0.4, -0.2) is 32.8 Å². The van der Waals surface area contributed by atoms with E-state index in [4.69, 9.17) is 0 Å². The molecule has 0 radical (unpaired) electrons. The quantitative estimate of drug-likeness (QED) is 0.768. The fourth-order valence-electron chi connectivity index (χ4n) is 3.24. The van der Waals surface area contributed by atoms with Crippen molar-refractivity contribution in [3.63, 3.8) is 0 Å². The van der Waals surface area contributed by atoms with Crippen LogP contribution < -0.4 is 10.9 Å². The summed E-state index contributed by atoms with van der Waals surface area (Å²) in [4.78, 5) is 42.7. The van der Waals surface area contributed by atoms with Crippen LogP contribution in [0.25, 0.3) is 10.9 Å².